The summed E-state index contributed by atoms with van der Waals surface area (Å²) in [7, 11) is 4.10. The summed E-state index contributed by atoms with van der Waals surface area (Å²) in [6.45, 7) is 11.5. The maximum atomic E-state index is 12.6. The number of carbonyl (C=O) groups is 1. The molecule has 0 aromatic carbocycles. The van der Waals surface area contributed by atoms with Crippen molar-refractivity contribution in [2.75, 3.05) is 20.6 Å². The van der Waals surface area contributed by atoms with Gasteiger partial charge < -0.3 is 9.80 Å². The van der Waals surface area contributed by atoms with E-state index < -0.39 is 5.54 Å². The van der Waals surface area contributed by atoms with Crippen LogP contribution in [0.5, 0.6) is 0 Å². The van der Waals surface area contributed by atoms with E-state index in [1.54, 1.807) is 0 Å². The van der Waals surface area contributed by atoms with Crippen LogP contribution in [0.15, 0.2) is 0 Å². The van der Waals surface area contributed by atoms with Crippen LogP contribution in [0, 0.1) is 5.92 Å². The minimum atomic E-state index is -0.393. The number of likely N-dealkylation sites (N-methyl/N-ethyl adjacent to an activating group) is 1. The molecule has 0 aromatic rings. The van der Waals surface area contributed by atoms with Crippen LogP contribution in [0.1, 0.15) is 41.0 Å². The third-order valence-electron chi connectivity index (χ3n) is 3.92. The van der Waals surface area contributed by atoms with Crippen molar-refractivity contribution in [2.45, 2.75) is 58.8 Å². The fourth-order valence-electron chi connectivity index (χ4n) is 2.70. The van der Waals surface area contributed by atoms with E-state index in [1.807, 2.05) is 25.9 Å². The van der Waals surface area contributed by atoms with Crippen LogP contribution in [0.3, 0.4) is 0 Å². The van der Waals surface area contributed by atoms with Gasteiger partial charge in [0.15, 0.2) is 0 Å². The highest BCUT2D eigenvalue weighted by Crippen LogP contribution is 2.28. The van der Waals surface area contributed by atoms with E-state index in [2.05, 4.69) is 37.9 Å². The molecule has 4 heteroatoms. The summed E-state index contributed by atoms with van der Waals surface area (Å²) < 4.78 is 0. The lowest BCUT2D eigenvalue weighted by atomic mass is 9.99. The van der Waals surface area contributed by atoms with E-state index in [0.717, 1.165) is 13.0 Å². The Balaban J connectivity index is 2.94. The molecule has 0 bridgehead atoms. The van der Waals surface area contributed by atoms with Gasteiger partial charge in [-0.2, -0.15) is 0 Å². The Bertz CT molecular complexity index is 303. The number of nitrogens with one attached hydrogen (secondary N) is 1. The van der Waals surface area contributed by atoms with E-state index in [1.165, 1.54) is 0 Å². The summed E-state index contributed by atoms with van der Waals surface area (Å²) in [5.74, 6) is 0.671. The number of nitrogens with zero attached hydrogens (tertiary/aromatic N) is 2. The van der Waals surface area contributed by atoms with E-state index in [-0.39, 0.29) is 18.1 Å². The molecule has 1 amide bonds. The lowest BCUT2D eigenvalue weighted by Gasteiger charge is -2.34. The van der Waals surface area contributed by atoms with Gasteiger partial charge >= 0.3 is 0 Å². The number of carbonyl (C=O) groups excluding carboxylic acids is 1. The molecular formula is C14H29N3O. The molecule has 1 N–H and O–H groups in total. The zero-order valence-electron chi connectivity index (χ0n) is 12.9. The average Bonchev–Trinajstić information content (AvgIpc) is 2.52. The Morgan fingerprint density at radius 2 is 1.94 bits per heavy atom. The Kier molecular flexibility index (Phi) is 4.78. The molecule has 4 nitrogen and oxygen atoms in total. The zero-order valence-corrected chi connectivity index (χ0v) is 12.9. The molecule has 3 atom stereocenters. The summed E-state index contributed by atoms with van der Waals surface area (Å²) in [6.07, 6.45) is 0.984. The minimum Gasteiger partial charge on any atom is -0.321 e. The average molecular weight is 255 g/mol. The quantitative estimate of drug-likeness (QED) is 0.809. The summed E-state index contributed by atoms with van der Waals surface area (Å²) in [6, 6.07) is 0.237. The molecule has 1 aliphatic heterocycles. The predicted octanol–water partition coefficient (Wildman–Crippen LogP) is 1.52. The van der Waals surface area contributed by atoms with Crippen LogP contribution in [0.25, 0.3) is 0 Å². The standard InChI is InChI=1S/C14H29N3O/c1-8-14(5)13(18)17(11(4)9-16(6)7)12(15-14)10(2)3/h10-12,15H,8-9H2,1-7H3. The molecule has 1 heterocycles. The Morgan fingerprint density at radius 3 is 2.33 bits per heavy atom. The number of rotatable bonds is 5. The maximum absolute atomic E-state index is 12.6. The van der Waals surface area contributed by atoms with Gasteiger partial charge in [0.2, 0.25) is 5.91 Å². The monoisotopic (exact) mass is 255 g/mol. The van der Waals surface area contributed by atoms with Crippen molar-refractivity contribution >= 4 is 5.91 Å². The molecule has 1 fully saturated rings. The Labute approximate surface area is 112 Å². The van der Waals surface area contributed by atoms with Crippen LogP contribution >= 0.6 is 0 Å². The minimum absolute atomic E-state index is 0.150. The third-order valence-corrected chi connectivity index (χ3v) is 3.92. The molecule has 0 aliphatic carbocycles. The number of hydrogen-bond donors (Lipinski definition) is 1. The molecule has 0 spiro atoms. The van der Waals surface area contributed by atoms with Gasteiger partial charge in [-0.1, -0.05) is 20.8 Å². The van der Waals surface area contributed by atoms with E-state index in [0.29, 0.717) is 5.92 Å². The highest BCUT2D eigenvalue weighted by atomic mass is 16.2. The molecular weight excluding hydrogens is 226 g/mol. The van der Waals surface area contributed by atoms with E-state index >= 15 is 0 Å². The SMILES string of the molecule is CCC1(C)NC(C(C)C)N(C(C)CN(C)C)C1=O. The van der Waals surface area contributed by atoms with E-state index in [9.17, 15) is 4.79 Å². The predicted molar refractivity (Wildman–Crippen MR) is 75.3 cm³/mol. The fourth-order valence-corrected chi connectivity index (χ4v) is 2.70. The first-order valence-electron chi connectivity index (χ1n) is 6.98. The normalized spacial score (nSPS) is 30.6. The molecule has 3 unspecified atom stereocenters. The van der Waals surface area contributed by atoms with Gasteiger partial charge in [0.25, 0.3) is 0 Å². The second-order valence-electron chi connectivity index (χ2n) is 6.34. The van der Waals surface area contributed by atoms with Crippen LogP contribution < -0.4 is 5.32 Å². The molecule has 0 aromatic heterocycles. The molecule has 1 saturated heterocycles. The summed E-state index contributed by atoms with van der Waals surface area (Å²) >= 11 is 0. The molecule has 1 aliphatic rings. The fraction of sp³-hybridized carbons (Fsp3) is 0.929. The van der Waals surface area contributed by atoms with Gasteiger partial charge in [-0.15, -0.1) is 0 Å². The summed E-state index contributed by atoms with van der Waals surface area (Å²) in [5, 5.41) is 3.53. The van der Waals surface area contributed by atoms with Gasteiger partial charge in [0, 0.05) is 12.6 Å². The highest BCUT2D eigenvalue weighted by molar-refractivity contribution is 5.88. The van der Waals surface area contributed by atoms with Gasteiger partial charge in [0.05, 0.1) is 11.7 Å². The smallest absolute Gasteiger partial charge is 0.244 e. The topological polar surface area (TPSA) is 35.6 Å². The van der Waals surface area contributed by atoms with Crippen LogP contribution in [-0.4, -0.2) is 54.1 Å². The molecule has 1 rings (SSSR count). The van der Waals surface area contributed by atoms with Gasteiger partial charge in [-0.3, -0.25) is 10.1 Å². The molecule has 18 heavy (non-hydrogen) atoms. The second kappa shape index (κ2) is 5.57. The summed E-state index contributed by atoms with van der Waals surface area (Å²) in [5.41, 5.74) is -0.393. The molecule has 0 radical (unpaired) electrons. The van der Waals surface area contributed by atoms with Crippen LogP contribution in [0.4, 0.5) is 0 Å². The van der Waals surface area contributed by atoms with Crippen molar-refractivity contribution in [2.24, 2.45) is 5.92 Å². The second-order valence-corrected chi connectivity index (χ2v) is 6.34. The lowest BCUT2D eigenvalue weighted by Crippen LogP contribution is -2.49. The Morgan fingerprint density at radius 1 is 1.39 bits per heavy atom. The van der Waals surface area contributed by atoms with Gasteiger partial charge in [0.1, 0.15) is 0 Å². The van der Waals surface area contributed by atoms with Crippen molar-refractivity contribution in [1.82, 2.24) is 15.1 Å². The number of amides is 1. The Hall–Kier alpha value is -0.610. The lowest BCUT2D eigenvalue weighted by molar-refractivity contribution is -0.135. The number of hydrogen-bond acceptors (Lipinski definition) is 3. The maximum Gasteiger partial charge on any atom is 0.244 e. The first kappa shape index (κ1) is 15.4. The van der Waals surface area contributed by atoms with Gasteiger partial charge in [-0.25, -0.2) is 0 Å². The van der Waals surface area contributed by atoms with Crippen LogP contribution in [0.2, 0.25) is 0 Å². The largest absolute Gasteiger partial charge is 0.321 e. The summed E-state index contributed by atoms with van der Waals surface area (Å²) in [4.78, 5) is 16.8. The highest BCUT2D eigenvalue weighted by Gasteiger charge is 2.49. The van der Waals surface area contributed by atoms with Crippen molar-refractivity contribution in [3.8, 4) is 0 Å². The first-order valence-corrected chi connectivity index (χ1v) is 6.98. The van der Waals surface area contributed by atoms with Crippen molar-refractivity contribution in [3.63, 3.8) is 0 Å². The first-order chi connectivity index (χ1) is 8.23. The van der Waals surface area contributed by atoms with Gasteiger partial charge in [-0.05, 0) is 40.3 Å². The molecule has 0 saturated carbocycles. The van der Waals surface area contributed by atoms with Crippen LogP contribution in [-0.2, 0) is 4.79 Å². The third kappa shape index (κ3) is 2.86. The molecule has 106 valence electrons. The zero-order chi connectivity index (χ0) is 14.1. The van der Waals surface area contributed by atoms with Crippen molar-refractivity contribution in [1.29, 1.82) is 0 Å². The van der Waals surface area contributed by atoms with Crippen molar-refractivity contribution in [3.05, 3.63) is 0 Å². The van der Waals surface area contributed by atoms with E-state index in [4.69, 9.17) is 0 Å². The van der Waals surface area contributed by atoms with Crippen molar-refractivity contribution < 1.29 is 4.79 Å².